The Bertz CT molecular complexity index is 838. The van der Waals surface area contributed by atoms with Gasteiger partial charge in [0.1, 0.15) is 11.5 Å². The van der Waals surface area contributed by atoms with E-state index in [1.54, 1.807) is 19.5 Å². The molecule has 5 heteroatoms. The zero-order valence-corrected chi connectivity index (χ0v) is 18.3. The summed E-state index contributed by atoms with van der Waals surface area (Å²) in [6.45, 7) is 10.5. The van der Waals surface area contributed by atoms with E-state index in [1.807, 2.05) is 38.1 Å². The van der Waals surface area contributed by atoms with E-state index < -0.39 is 0 Å². The average molecular weight is 398 g/mol. The molecular weight excluding hydrogens is 362 g/mol. The molecule has 158 valence electrons. The maximum Gasteiger partial charge on any atom is 0.269 e. The van der Waals surface area contributed by atoms with Gasteiger partial charge < -0.3 is 10.1 Å². The molecule has 0 aliphatic heterocycles. The third-order valence-electron chi connectivity index (χ3n) is 4.54. The van der Waals surface area contributed by atoms with Crippen LogP contribution >= 0.6 is 0 Å². The predicted molar refractivity (Wildman–Crippen MR) is 122 cm³/mol. The van der Waals surface area contributed by atoms with Gasteiger partial charge in [-0.15, -0.1) is 0 Å². The number of ether oxygens (including phenoxy) is 1. The molecule has 0 aliphatic carbocycles. The predicted octanol–water partition coefficient (Wildman–Crippen LogP) is 3.67. The van der Waals surface area contributed by atoms with Crippen LogP contribution < -0.4 is 15.9 Å². The summed E-state index contributed by atoms with van der Waals surface area (Å²) in [6, 6.07) is 1.87. The van der Waals surface area contributed by atoms with E-state index in [4.69, 9.17) is 4.74 Å². The standard InChI is InChI=1S/C24H35N3O2/c1-6-9-10-11-12-16-26-24(28)23-17-20(21(7-2)22(8-3)27-23)14-13-15-25-18-19(4)29-5/h7-8,13,15,17-18H,4,6,9-12,14,16H2,1-3,5H3,(H,26,28)/b15-13+,21-7-,22-8+,25-18?. The van der Waals surface area contributed by atoms with Crippen LogP contribution in [0.25, 0.3) is 12.2 Å². The number of methoxy groups -OCH3 is 1. The summed E-state index contributed by atoms with van der Waals surface area (Å²) in [5.74, 6) is 0.378. The Labute approximate surface area is 175 Å². The van der Waals surface area contributed by atoms with Crippen molar-refractivity contribution in [1.29, 1.82) is 0 Å². The van der Waals surface area contributed by atoms with Crippen molar-refractivity contribution in [3.63, 3.8) is 0 Å². The first-order valence-corrected chi connectivity index (χ1v) is 10.4. The molecule has 0 spiro atoms. The highest BCUT2D eigenvalue weighted by Gasteiger charge is 2.09. The Kier molecular flexibility index (Phi) is 12.0. The summed E-state index contributed by atoms with van der Waals surface area (Å²) in [4.78, 5) is 21.3. The van der Waals surface area contributed by atoms with Crippen LogP contribution in [0.5, 0.6) is 0 Å². The van der Waals surface area contributed by atoms with Gasteiger partial charge in [0, 0.05) is 12.7 Å². The fraction of sp³-hybridized carbons (Fsp3) is 0.458. The maximum atomic E-state index is 12.6. The van der Waals surface area contributed by atoms with Crippen molar-refractivity contribution in [2.45, 2.75) is 59.3 Å². The number of nitrogens with zero attached hydrogens (tertiary/aromatic N) is 2. The van der Waals surface area contributed by atoms with Crippen LogP contribution in [0.3, 0.4) is 0 Å². The Balaban J connectivity index is 2.89. The quantitative estimate of drug-likeness (QED) is 0.332. The molecule has 1 N–H and O–H groups in total. The maximum absolute atomic E-state index is 12.6. The van der Waals surface area contributed by atoms with Gasteiger partial charge in [-0.25, -0.2) is 4.98 Å². The van der Waals surface area contributed by atoms with Gasteiger partial charge in [-0.05, 0) is 43.5 Å². The van der Waals surface area contributed by atoms with E-state index >= 15 is 0 Å². The van der Waals surface area contributed by atoms with Crippen LogP contribution in [0, 0.1) is 0 Å². The molecule has 0 bridgehead atoms. The molecule has 1 aromatic rings. The number of hydrogen-bond acceptors (Lipinski definition) is 4. The van der Waals surface area contributed by atoms with Crippen LogP contribution in [-0.2, 0) is 11.2 Å². The minimum atomic E-state index is -0.120. The number of aromatic nitrogens is 1. The van der Waals surface area contributed by atoms with Crippen molar-refractivity contribution >= 4 is 24.3 Å². The second-order valence-corrected chi connectivity index (χ2v) is 6.75. The first-order valence-electron chi connectivity index (χ1n) is 10.4. The smallest absolute Gasteiger partial charge is 0.269 e. The highest BCUT2D eigenvalue weighted by molar-refractivity contribution is 5.92. The van der Waals surface area contributed by atoms with Crippen LogP contribution in [-0.4, -0.2) is 30.8 Å². The summed E-state index contributed by atoms with van der Waals surface area (Å²) in [5, 5.41) is 4.86. The number of nitrogens with one attached hydrogen (secondary N) is 1. The fourth-order valence-corrected chi connectivity index (χ4v) is 2.91. The van der Waals surface area contributed by atoms with Gasteiger partial charge in [0.05, 0.1) is 18.7 Å². The van der Waals surface area contributed by atoms with E-state index in [9.17, 15) is 4.79 Å². The summed E-state index contributed by atoms with van der Waals surface area (Å²) in [7, 11) is 1.55. The highest BCUT2D eigenvalue weighted by Crippen LogP contribution is 2.02. The molecule has 29 heavy (non-hydrogen) atoms. The molecular formula is C24H35N3O2. The number of rotatable bonds is 12. The molecule has 5 nitrogen and oxygen atoms in total. The van der Waals surface area contributed by atoms with Gasteiger partial charge in [-0.1, -0.05) is 57.4 Å². The Hall–Kier alpha value is -2.69. The molecule has 1 amide bonds. The molecule has 0 saturated carbocycles. The van der Waals surface area contributed by atoms with E-state index in [0.29, 0.717) is 24.4 Å². The van der Waals surface area contributed by atoms with Crippen molar-refractivity contribution in [2.75, 3.05) is 13.7 Å². The van der Waals surface area contributed by atoms with Crippen molar-refractivity contribution in [2.24, 2.45) is 4.99 Å². The monoisotopic (exact) mass is 397 g/mol. The number of unbranched alkanes of at least 4 members (excludes halogenated alkanes) is 4. The first-order chi connectivity index (χ1) is 14.1. The SMILES string of the molecule is C=C(C=N/C=C/Cc1cc(C(=O)NCCCCCCC)nc(=C/C)/c1=C\C)OC. The van der Waals surface area contributed by atoms with Crippen molar-refractivity contribution < 1.29 is 9.53 Å². The van der Waals surface area contributed by atoms with Gasteiger partial charge >= 0.3 is 0 Å². The van der Waals surface area contributed by atoms with E-state index in [2.05, 4.69) is 28.8 Å². The third-order valence-corrected chi connectivity index (χ3v) is 4.54. The molecule has 0 aromatic carbocycles. The molecule has 0 unspecified atom stereocenters. The minimum absolute atomic E-state index is 0.120. The lowest BCUT2D eigenvalue weighted by molar-refractivity contribution is 0.0947. The Morgan fingerprint density at radius 3 is 2.66 bits per heavy atom. The van der Waals surface area contributed by atoms with Crippen molar-refractivity contribution in [3.05, 3.63) is 52.5 Å². The van der Waals surface area contributed by atoms with Crippen molar-refractivity contribution in [1.82, 2.24) is 10.3 Å². The fourth-order valence-electron chi connectivity index (χ4n) is 2.91. The van der Waals surface area contributed by atoms with Crippen LogP contribution in [0.2, 0.25) is 0 Å². The van der Waals surface area contributed by atoms with Gasteiger partial charge in [0.2, 0.25) is 0 Å². The minimum Gasteiger partial charge on any atom is -0.496 e. The Morgan fingerprint density at radius 1 is 1.24 bits per heavy atom. The summed E-state index contributed by atoms with van der Waals surface area (Å²) in [5.41, 5.74) is 1.50. The summed E-state index contributed by atoms with van der Waals surface area (Å²) < 4.78 is 4.94. The summed E-state index contributed by atoms with van der Waals surface area (Å²) >= 11 is 0. The van der Waals surface area contributed by atoms with Gasteiger partial charge in [0.15, 0.2) is 0 Å². The first kappa shape index (κ1) is 24.3. The average Bonchev–Trinajstić information content (AvgIpc) is 2.74. The molecule has 1 aromatic heterocycles. The molecule has 0 fully saturated rings. The normalized spacial score (nSPS) is 12.8. The number of amides is 1. The molecule has 1 rings (SSSR count). The third kappa shape index (κ3) is 8.90. The zero-order chi connectivity index (χ0) is 21.5. The van der Waals surface area contributed by atoms with Gasteiger partial charge in [0.25, 0.3) is 5.91 Å². The second-order valence-electron chi connectivity index (χ2n) is 6.75. The second kappa shape index (κ2) is 14.3. The molecule has 0 atom stereocenters. The number of carbonyl (C=O) groups is 1. The van der Waals surface area contributed by atoms with E-state index in [0.717, 1.165) is 29.0 Å². The summed E-state index contributed by atoms with van der Waals surface area (Å²) in [6.07, 6.45) is 15.6. The van der Waals surface area contributed by atoms with Crippen molar-refractivity contribution in [3.8, 4) is 0 Å². The lowest BCUT2D eigenvalue weighted by Crippen LogP contribution is -2.36. The molecule has 0 radical (unpaired) electrons. The van der Waals surface area contributed by atoms with E-state index in [1.165, 1.54) is 19.3 Å². The number of pyridine rings is 1. The molecule has 0 aliphatic rings. The van der Waals surface area contributed by atoms with E-state index in [-0.39, 0.29) is 5.91 Å². The lowest BCUT2D eigenvalue weighted by atomic mass is 10.1. The zero-order valence-electron chi connectivity index (χ0n) is 18.3. The van der Waals surface area contributed by atoms with Gasteiger partial charge in [-0.2, -0.15) is 0 Å². The number of hydrogen-bond donors (Lipinski definition) is 1. The topological polar surface area (TPSA) is 63.6 Å². The Morgan fingerprint density at radius 2 is 2.00 bits per heavy atom. The van der Waals surface area contributed by atoms with Gasteiger partial charge in [-0.3, -0.25) is 9.79 Å². The van der Waals surface area contributed by atoms with Crippen LogP contribution in [0.1, 0.15) is 68.9 Å². The largest absolute Gasteiger partial charge is 0.496 e. The number of carbonyl (C=O) groups excluding carboxylic acids is 1. The molecule has 0 saturated heterocycles. The number of allylic oxidation sites excluding steroid dienone is 2. The molecule has 1 heterocycles. The highest BCUT2D eigenvalue weighted by atomic mass is 16.5. The van der Waals surface area contributed by atoms with Crippen LogP contribution in [0.15, 0.2) is 35.7 Å². The lowest BCUT2D eigenvalue weighted by Gasteiger charge is -2.07. The van der Waals surface area contributed by atoms with Crippen LogP contribution in [0.4, 0.5) is 0 Å². The number of aliphatic imine (C=N–C) groups is 1.